The van der Waals surface area contributed by atoms with Gasteiger partial charge in [0.2, 0.25) is 5.96 Å². The number of carbonyl (C=O) groups excluding carboxylic acids is 1. The first-order valence-corrected chi connectivity index (χ1v) is 10.9. The Morgan fingerprint density at radius 2 is 1.70 bits per heavy atom. The third-order valence-corrected chi connectivity index (χ3v) is 5.40. The molecule has 0 aliphatic rings. The highest BCUT2D eigenvalue weighted by atomic mass is 16.5. The van der Waals surface area contributed by atoms with E-state index in [9.17, 15) is 4.79 Å². The lowest BCUT2D eigenvalue weighted by Crippen LogP contribution is -2.36. The number of nitrogens with zero attached hydrogens (tertiary/aromatic N) is 2. The van der Waals surface area contributed by atoms with E-state index in [0.29, 0.717) is 35.5 Å². The van der Waals surface area contributed by atoms with Crippen LogP contribution in [0.25, 0.3) is 0 Å². The number of ether oxygens (including phenoxy) is 2. The average Bonchev–Trinajstić information content (AvgIpc) is 2.87. The molecule has 3 aromatic rings. The van der Waals surface area contributed by atoms with Gasteiger partial charge < -0.3 is 14.8 Å². The summed E-state index contributed by atoms with van der Waals surface area (Å²) in [7, 11) is 3.09. The van der Waals surface area contributed by atoms with Gasteiger partial charge >= 0.3 is 0 Å². The summed E-state index contributed by atoms with van der Waals surface area (Å²) in [6.07, 6.45) is 4.51. The first-order valence-electron chi connectivity index (χ1n) is 10.9. The molecule has 1 heterocycles. The van der Waals surface area contributed by atoms with Gasteiger partial charge in [0, 0.05) is 23.6 Å². The predicted molar refractivity (Wildman–Crippen MR) is 131 cm³/mol. The van der Waals surface area contributed by atoms with E-state index in [1.165, 1.54) is 12.7 Å². The first-order chi connectivity index (χ1) is 16.0. The molecule has 7 nitrogen and oxygen atoms in total. The molecule has 7 heteroatoms. The molecule has 0 aliphatic heterocycles. The highest BCUT2D eigenvalue weighted by Gasteiger charge is 2.13. The summed E-state index contributed by atoms with van der Waals surface area (Å²) in [6.45, 7) is 4.76. The largest absolute Gasteiger partial charge is 0.493 e. The summed E-state index contributed by atoms with van der Waals surface area (Å²) < 4.78 is 10.6. The van der Waals surface area contributed by atoms with Crippen molar-refractivity contribution in [2.45, 2.75) is 32.7 Å². The maximum absolute atomic E-state index is 13.0. The average molecular weight is 447 g/mol. The van der Waals surface area contributed by atoms with Crippen LogP contribution in [0.3, 0.4) is 0 Å². The molecule has 0 radical (unpaired) electrons. The Bertz CT molecular complexity index is 1080. The predicted octanol–water partition coefficient (Wildman–Crippen LogP) is 5.01. The lowest BCUT2D eigenvalue weighted by molar-refractivity contribution is 0.0976. The molecule has 0 saturated heterocycles. The van der Waals surface area contributed by atoms with Gasteiger partial charge in [-0.2, -0.15) is 0 Å². The van der Waals surface area contributed by atoms with Crippen LogP contribution in [0.2, 0.25) is 0 Å². The molecule has 0 saturated carbocycles. The number of aliphatic imine (C=N–C) groups is 1. The molecule has 33 heavy (non-hydrogen) atoms. The molecule has 1 unspecified atom stereocenters. The van der Waals surface area contributed by atoms with Gasteiger partial charge in [0.15, 0.2) is 11.5 Å². The highest BCUT2D eigenvalue weighted by molar-refractivity contribution is 6.10. The second-order valence-corrected chi connectivity index (χ2v) is 7.60. The van der Waals surface area contributed by atoms with E-state index in [2.05, 4.69) is 46.6 Å². The number of hydrogen-bond donors (Lipinski definition) is 2. The van der Waals surface area contributed by atoms with E-state index in [1.807, 2.05) is 24.3 Å². The number of hydrogen-bond acceptors (Lipinski definition) is 5. The van der Waals surface area contributed by atoms with Crippen molar-refractivity contribution in [3.63, 3.8) is 0 Å². The molecule has 1 amide bonds. The number of aromatic nitrogens is 1. The van der Waals surface area contributed by atoms with Gasteiger partial charge in [-0.3, -0.25) is 15.1 Å². The Kier molecular flexibility index (Phi) is 8.41. The van der Waals surface area contributed by atoms with Crippen LogP contribution >= 0.6 is 0 Å². The minimum atomic E-state index is -0.312. The standard InChI is InChI=1S/C26H30N4O3/c1-5-18(2)20-6-9-22(10-7-20)29-26(28-17-19-12-14-27-15-13-19)30-25(31)21-8-11-23(32-3)24(16-21)33-4/h6-16,18H,5,17H2,1-4H3,(H2,28,29,30,31). The van der Waals surface area contributed by atoms with Crippen molar-refractivity contribution in [3.05, 3.63) is 83.7 Å². The van der Waals surface area contributed by atoms with E-state index in [0.717, 1.165) is 17.7 Å². The van der Waals surface area contributed by atoms with Crippen LogP contribution in [0.15, 0.2) is 72.0 Å². The molecule has 2 aromatic carbocycles. The number of guanidine groups is 1. The van der Waals surface area contributed by atoms with Gasteiger partial charge in [0.25, 0.3) is 5.91 Å². The van der Waals surface area contributed by atoms with Crippen LogP contribution in [0.5, 0.6) is 11.5 Å². The molecule has 0 fully saturated rings. The molecule has 172 valence electrons. The second-order valence-electron chi connectivity index (χ2n) is 7.60. The third-order valence-electron chi connectivity index (χ3n) is 5.40. The number of nitrogens with one attached hydrogen (secondary N) is 2. The third kappa shape index (κ3) is 6.55. The van der Waals surface area contributed by atoms with Crippen LogP contribution in [0, 0.1) is 0 Å². The zero-order valence-electron chi connectivity index (χ0n) is 19.5. The van der Waals surface area contributed by atoms with Gasteiger partial charge in [0.05, 0.1) is 20.8 Å². The van der Waals surface area contributed by atoms with Crippen LogP contribution in [-0.2, 0) is 6.54 Å². The van der Waals surface area contributed by atoms with Gasteiger partial charge in [-0.1, -0.05) is 26.0 Å². The molecule has 0 aliphatic carbocycles. The van der Waals surface area contributed by atoms with Crippen molar-refractivity contribution in [1.29, 1.82) is 0 Å². The minimum Gasteiger partial charge on any atom is -0.493 e. The van der Waals surface area contributed by atoms with E-state index < -0.39 is 0 Å². The number of methoxy groups -OCH3 is 2. The topological polar surface area (TPSA) is 84.8 Å². The Morgan fingerprint density at radius 1 is 1.00 bits per heavy atom. The van der Waals surface area contributed by atoms with Crippen molar-refractivity contribution < 1.29 is 14.3 Å². The van der Waals surface area contributed by atoms with Crippen molar-refractivity contribution in [2.75, 3.05) is 19.5 Å². The number of benzene rings is 2. The normalized spacial score (nSPS) is 12.1. The Labute approximate surface area is 194 Å². The van der Waals surface area contributed by atoms with Crippen molar-refractivity contribution >= 4 is 17.6 Å². The Hall–Kier alpha value is -3.87. The van der Waals surface area contributed by atoms with Crippen LogP contribution in [0.4, 0.5) is 5.69 Å². The van der Waals surface area contributed by atoms with Crippen molar-refractivity contribution in [1.82, 2.24) is 10.3 Å². The second kappa shape index (κ2) is 11.7. The monoisotopic (exact) mass is 446 g/mol. The van der Waals surface area contributed by atoms with E-state index >= 15 is 0 Å². The number of rotatable bonds is 8. The molecule has 1 atom stereocenters. The molecule has 3 rings (SSSR count). The van der Waals surface area contributed by atoms with E-state index in [4.69, 9.17) is 9.47 Å². The number of pyridine rings is 1. The highest BCUT2D eigenvalue weighted by Crippen LogP contribution is 2.27. The summed E-state index contributed by atoms with van der Waals surface area (Å²) in [6, 6.07) is 16.9. The maximum Gasteiger partial charge on any atom is 0.258 e. The number of carbonyl (C=O) groups is 1. The fraction of sp³-hybridized carbons (Fsp3) is 0.269. The SMILES string of the molecule is CCC(C)c1ccc(NC(=NCc2ccncc2)NC(=O)c2ccc(OC)c(OC)c2)cc1. The van der Waals surface area contributed by atoms with Gasteiger partial charge in [-0.15, -0.1) is 0 Å². The molecule has 0 spiro atoms. The molecular weight excluding hydrogens is 416 g/mol. The van der Waals surface area contributed by atoms with Crippen LogP contribution in [0.1, 0.15) is 47.7 Å². The quantitative estimate of drug-likeness (QED) is 0.375. The van der Waals surface area contributed by atoms with Gasteiger partial charge in [-0.25, -0.2) is 4.99 Å². The molecule has 2 N–H and O–H groups in total. The minimum absolute atomic E-state index is 0.312. The van der Waals surface area contributed by atoms with Gasteiger partial charge in [0.1, 0.15) is 0 Å². The fourth-order valence-corrected chi connectivity index (χ4v) is 3.19. The Balaban J connectivity index is 1.81. The maximum atomic E-state index is 13.0. The summed E-state index contributed by atoms with van der Waals surface area (Å²) in [5, 5.41) is 6.11. The summed E-state index contributed by atoms with van der Waals surface area (Å²) in [5.41, 5.74) is 3.52. The van der Waals surface area contributed by atoms with Gasteiger partial charge in [-0.05, 0) is 65.9 Å². The van der Waals surface area contributed by atoms with Crippen LogP contribution in [-0.4, -0.2) is 31.1 Å². The first kappa shape index (κ1) is 23.8. The lowest BCUT2D eigenvalue weighted by Gasteiger charge is -2.14. The summed E-state index contributed by atoms with van der Waals surface area (Å²) >= 11 is 0. The lowest BCUT2D eigenvalue weighted by atomic mass is 9.99. The zero-order valence-corrected chi connectivity index (χ0v) is 19.5. The van der Waals surface area contributed by atoms with E-state index in [-0.39, 0.29) is 5.91 Å². The van der Waals surface area contributed by atoms with E-state index in [1.54, 1.807) is 37.7 Å². The summed E-state index contributed by atoms with van der Waals surface area (Å²) in [5.74, 6) is 1.56. The number of anilines is 1. The fourth-order valence-electron chi connectivity index (χ4n) is 3.19. The Morgan fingerprint density at radius 3 is 2.33 bits per heavy atom. The number of amides is 1. The smallest absolute Gasteiger partial charge is 0.258 e. The summed E-state index contributed by atoms with van der Waals surface area (Å²) in [4.78, 5) is 21.6. The van der Waals surface area contributed by atoms with Crippen LogP contribution < -0.4 is 20.1 Å². The molecule has 0 bridgehead atoms. The molecule has 1 aromatic heterocycles. The molecular formula is C26H30N4O3. The van der Waals surface area contributed by atoms with Crippen molar-refractivity contribution in [2.24, 2.45) is 4.99 Å². The van der Waals surface area contributed by atoms with Crippen molar-refractivity contribution in [3.8, 4) is 11.5 Å². The zero-order chi connectivity index (χ0) is 23.6.